The Morgan fingerprint density at radius 1 is 1.43 bits per heavy atom. The fraction of sp³-hybridized carbons (Fsp3) is 0.917. The van der Waals surface area contributed by atoms with Gasteiger partial charge in [0.05, 0.1) is 0 Å². The van der Waals surface area contributed by atoms with Crippen LogP contribution < -0.4 is 0 Å². The zero-order chi connectivity index (χ0) is 10.6. The third kappa shape index (κ3) is 3.41. The molecule has 0 spiro atoms. The normalized spacial score (nSPS) is 18.3. The molecule has 1 aliphatic carbocycles. The summed E-state index contributed by atoms with van der Waals surface area (Å²) in [4.78, 5) is 13.2. The van der Waals surface area contributed by atoms with E-state index in [2.05, 4.69) is 11.8 Å². The number of aldehydes is 1. The number of nitrogens with zero attached hydrogens (tertiary/aromatic N) is 1. The van der Waals surface area contributed by atoms with Crippen LogP contribution in [-0.2, 0) is 4.79 Å². The molecule has 2 heteroatoms. The smallest absolute Gasteiger partial charge is 0.126 e. The van der Waals surface area contributed by atoms with Gasteiger partial charge in [-0.3, -0.25) is 0 Å². The molecule has 1 fully saturated rings. The van der Waals surface area contributed by atoms with Gasteiger partial charge in [-0.2, -0.15) is 0 Å². The molecule has 0 heterocycles. The van der Waals surface area contributed by atoms with Crippen LogP contribution in [-0.4, -0.2) is 30.8 Å². The van der Waals surface area contributed by atoms with Crippen LogP contribution in [0.25, 0.3) is 0 Å². The Morgan fingerprint density at radius 2 is 2.07 bits per heavy atom. The quantitative estimate of drug-likeness (QED) is 0.609. The highest BCUT2D eigenvalue weighted by atomic mass is 16.1. The van der Waals surface area contributed by atoms with E-state index in [0.717, 1.165) is 25.3 Å². The van der Waals surface area contributed by atoms with Gasteiger partial charge in [-0.05, 0) is 25.3 Å². The molecule has 0 radical (unpaired) electrons. The van der Waals surface area contributed by atoms with Gasteiger partial charge in [0.15, 0.2) is 0 Å². The van der Waals surface area contributed by atoms with E-state index in [4.69, 9.17) is 0 Å². The molecule has 82 valence electrons. The van der Waals surface area contributed by atoms with E-state index in [1.807, 2.05) is 13.8 Å². The Kier molecular flexibility index (Phi) is 4.11. The maximum absolute atomic E-state index is 10.8. The summed E-state index contributed by atoms with van der Waals surface area (Å²) in [7, 11) is 0. The molecule has 1 rings (SSSR count). The highest BCUT2D eigenvalue weighted by Gasteiger charge is 2.24. The predicted molar refractivity (Wildman–Crippen MR) is 59.3 cm³/mol. The average molecular weight is 197 g/mol. The highest BCUT2D eigenvalue weighted by molar-refractivity contribution is 5.58. The number of hydrogen-bond donors (Lipinski definition) is 0. The molecule has 1 aliphatic rings. The summed E-state index contributed by atoms with van der Waals surface area (Å²) in [5.74, 6) is 0.900. The van der Waals surface area contributed by atoms with Crippen LogP contribution in [0.3, 0.4) is 0 Å². The third-order valence-corrected chi connectivity index (χ3v) is 3.14. The minimum Gasteiger partial charge on any atom is -0.303 e. The molecule has 2 nitrogen and oxygen atoms in total. The molecule has 0 N–H and O–H groups in total. The van der Waals surface area contributed by atoms with Crippen molar-refractivity contribution in [2.45, 2.75) is 40.0 Å². The molecule has 14 heavy (non-hydrogen) atoms. The lowest BCUT2D eigenvalue weighted by atomic mass is 9.84. The number of carbonyl (C=O) groups is 1. The van der Waals surface area contributed by atoms with Gasteiger partial charge in [0.1, 0.15) is 6.29 Å². The van der Waals surface area contributed by atoms with Crippen LogP contribution in [0.2, 0.25) is 0 Å². The maximum atomic E-state index is 10.8. The molecule has 0 bridgehead atoms. The van der Waals surface area contributed by atoms with Crippen molar-refractivity contribution in [3.05, 3.63) is 0 Å². The second-order valence-electron chi connectivity index (χ2n) is 5.23. The summed E-state index contributed by atoms with van der Waals surface area (Å²) < 4.78 is 0. The second-order valence-corrected chi connectivity index (χ2v) is 5.23. The number of hydrogen-bond acceptors (Lipinski definition) is 2. The van der Waals surface area contributed by atoms with Gasteiger partial charge in [0, 0.05) is 18.5 Å². The van der Waals surface area contributed by atoms with Crippen molar-refractivity contribution in [1.82, 2.24) is 4.90 Å². The topological polar surface area (TPSA) is 20.3 Å². The zero-order valence-electron chi connectivity index (χ0n) is 9.75. The summed E-state index contributed by atoms with van der Waals surface area (Å²) in [5, 5.41) is 0. The van der Waals surface area contributed by atoms with Gasteiger partial charge in [-0.1, -0.05) is 27.2 Å². The Labute approximate surface area is 87.7 Å². The Morgan fingerprint density at radius 3 is 2.43 bits per heavy atom. The van der Waals surface area contributed by atoms with E-state index in [1.165, 1.54) is 25.8 Å². The summed E-state index contributed by atoms with van der Waals surface area (Å²) in [6, 6.07) is 0. The molecule has 0 aromatic heterocycles. The first-order valence-corrected chi connectivity index (χ1v) is 5.76. The van der Waals surface area contributed by atoms with E-state index < -0.39 is 0 Å². The molecule has 0 aromatic carbocycles. The Balaban J connectivity index is 2.33. The van der Waals surface area contributed by atoms with Gasteiger partial charge in [-0.15, -0.1) is 0 Å². The van der Waals surface area contributed by atoms with Crippen LogP contribution in [0.4, 0.5) is 0 Å². The lowest BCUT2D eigenvalue weighted by Gasteiger charge is -2.34. The SMILES string of the molecule is CCN(CC1CCC1)CC(C)(C)C=O. The zero-order valence-corrected chi connectivity index (χ0v) is 9.75. The summed E-state index contributed by atoms with van der Waals surface area (Å²) in [6.07, 6.45) is 5.26. The summed E-state index contributed by atoms with van der Waals surface area (Å²) in [6.45, 7) is 9.37. The van der Waals surface area contributed by atoms with E-state index in [0.29, 0.717) is 0 Å². The number of rotatable bonds is 6. The van der Waals surface area contributed by atoms with Gasteiger partial charge >= 0.3 is 0 Å². The largest absolute Gasteiger partial charge is 0.303 e. The van der Waals surface area contributed by atoms with Crippen LogP contribution >= 0.6 is 0 Å². The lowest BCUT2D eigenvalue weighted by molar-refractivity contribution is -0.115. The van der Waals surface area contributed by atoms with Gasteiger partial charge < -0.3 is 9.69 Å². The van der Waals surface area contributed by atoms with Crippen LogP contribution in [0, 0.1) is 11.3 Å². The predicted octanol–water partition coefficient (Wildman–Crippen LogP) is 2.33. The van der Waals surface area contributed by atoms with Crippen molar-refractivity contribution in [2.75, 3.05) is 19.6 Å². The van der Waals surface area contributed by atoms with E-state index >= 15 is 0 Å². The van der Waals surface area contributed by atoms with Crippen molar-refractivity contribution < 1.29 is 4.79 Å². The van der Waals surface area contributed by atoms with Crippen molar-refractivity contribution in [2.24, 2.45) is 11.3 Å². The standard InChI is InChI=1S/C12H23NO/c1-4-13(8-11-6-5-7-11)9-12(2,3)10-14/h10-11H,4-9H2,1-3H3. The molecule has 0 aromatic rings. The van der Waals surface area contributed by atoms with Gasteiger partial charge in [0.2, 0.25) is 0 Å². The van der Waals surface area contributed by atoms with E-state index in [1.54, 1.807) is 0 Å². The van der Waals surface area contributed by atoms with Crippen LogP contribution in [0.5, 0.6) is 0 Å². The van der Waals surface area contributed by atoms with Gasteiger partial charge in [-0.25, -0.2) is 0 Å². The maximum Gasteiger partial charge on any atom is 0.126 e. The molecular formula is C12H23NO. The van der Waals surface area contributed by atoms with E-state index in [-0.39, 0.29) is 5.41 Å². The van der Waals surface area contributed by atoms with Crippen LogP contribution in [0.15, 0.2) is 0 Å². The first-order chi connectivity index (χ1) is 6.57. The fourth-order valence-electron chi connectivity index (χ4n) is 1.96. The minimum atomic E-state index is -0.181. The fourth-order valence-corrected chi connectivity index (χ4v) is 1.96. The highest BCUT2D eigenvalue weighted by Crippen LogP contribution is 2.27. The lowest BCUT2D eigenvalue weighted by Crippen LogP contribution is -2.39. The Bertz CT molecular complexity index is 185. The molecule has 0 saturated heterocycles. The van der Waals surface area contributed by atoms with Crippen molar-refractivity contribution in [3.8, 4) is 0 Å². The van der Waals surface area contributed by atoms with Gasteiger partial charge in [0.25, 0.3) is 0 Å². The molecule has 0 amide bonds. The molecule has 1 saturated carbocycles. The monoisotopic (exact) mass is 197 g/mol. The summed E-state index contributed by atoms with van der Waals surface area (Å²) >= 11 is 0. The van der Waals surface area contributed by atoms with E-state index in [9.17, 15) is 4.79 Å². The molecular weight excluding hydrogens is 174 g/mol. The first kappa shape index (κ1) is 11.7. The minimum absolute atomic E-state index is 0.181. The summed E-state index contributed by atoms with van der Waals surface area (Å²) in [5.41, 5.74) is -0.181. The van der Waals surface area contributed by atoms with Crippen molar-refractivity contribution in [3.63, 3.8) is 0 Å². The van der Waals surface area contributed by atoms with Crippen molar-refractivity contribution in [1.29, 1.82) is 0 Å². The molecule has 0 unspecified atom stereocenters. The van der Waals surface area contributed by atoms with Crippen molar-refractivity contribution >= 4 is 6.29 Å². The molecule has 0 atom stereocenters. The van der Waals surface area contributed by atoms with Crippen LogP contribution in [0.1, 0.15) is 40.0 Å². The third-order valence-electron chi connectivity index (χ3n) is 3.14. The average Bonchev–Trinajstić information content (AvgIpc) is 2.09. The Hall–Kier alpha value is -0.370. The molecule has 0 aliphatic heterocycles. The first-order valence-electron chi connectivity index (χ1n) is 5.76. The second kappa shape index (κ2) is 4.92. The number of carbonyl (C=O) groups excluding carboxylic acids is 1.